The number of likely N-dealkylation sites (tertiary alicyclic amines) is 1. The molecule has 39 heavy (non-hydrogen) atoms. The molecular weight excluding hydrogens is 578 g/mol. The van der Waals surface area contributed by atoms with Gasteiger partial charge in [0.25, 0.3) is 15.9 Å². The molecule has 208 valence electrons. The molecule has 3 aliphatic heterocycles. The van der Waals surface area contributed by atoms with Crippen molar-refractivity contribution in [1.29, 1.82) is 0 Å². The number of nitrogens with one attached hydrogen (secondary N) is 1. The molecule has 9 nitrogen and oxygen atoms in total. The Morgan fingerprint density at radius 3 is 2.85 bits per heavy atom. The van der Waals surface area contributed by atoms with Gasteiger partial charge in [0.05, 0.1) is 5.69 Å². The highest BCUT2D eigenvalue weighted by Crippen LogP contribution is 2.34. The lowest BCUT2D eigenvalue weighted by molar-refractivity contribution is -0.127. The second-order valence-corrected chi connectivity index (χ2v) is 15.2. The van der Waals surface area contributed by atoms with Crippen LogP contribution in [0.4, 0.5) is 0 Å². The van der Waals surface area contributed by atoms with Gasteiger partial charge < -0.3 is 15.1 Å². The van der Waals surface area contributed by atoms with E-state index >= 15 is 0 Å². The number of aromatic nitrogens is 1. The Morgan fingerprint density at radius 1 is 1.21 bits per heavy atom. The number of carbonyl (C=O) groups is 2. The van der Waals surface area contributed by atoms with E-state index in [2.05, 4.69) is 17.2 Å². The highest BCUT2D eigenvalue weighted by atomic mass is 35.5. The van der Waals surface area contributed by atoms with E-state index in [0.29, 0.717) is 48.5 Å². The SMILES string of the molecule is CC1Cc2nc(C(=O)N3CCN(S(=O)(=O)c4cc5ccc(Cl)cc5s4)CC3CCN3CCCC3=O)sc2CN1. The molecule has 2 aromatic heterocycles. The van der Waals surface area contributed by atoms with Crippen LogP contribution in [0.15, 0.2) is 28.5 Å². The fourth-order valence-electron chi connectivity index (χ4n) is 5.56. The Kier molecular flexibility index (Phi) is 7.44. The Hall–Kier alpha value is -2.09. The molecule has 2 unspecified atom stereocenters. The van der Waals surface area contributed by atoms with Crippen LogP contribution in [0, 0.1) is 0 Å². The number of hydrogen-bond donors (Lipinski definition) is 1. The van der Waals surface area contributed by atoms with Gasteiger partial charge in [-0.2, -0.15) is 4.31 Å². The number of thiazole rings is 1. The van der Waals surface area contributed by atoms with Crippen molar-refractivity contribution in [3.8, 4) is 0 Å². The van der Waals surface area contributed by atoms with Crippen LogP contribution in [0.1, 0.15) is 46.6 Å². The quantitative estimate of drug-likeness (QED) is 0.460. The maximum absolute atomic E-state index is 13.7. The van der Waals surface area contributed by atoms with Crippen LogP contribution in [0.5, 0.6) is 0 Å². The molecule has 0 radical (unpaired) electrons. The summed E-state index contributed by atoms with van der Waals surface area (Å²) >= 11 is 8.75. The highest BCUT2D eigenvalue weighted by molar-refractivity contribution is 7.91. The van der Waals surface area contributed by atoms with Crippen molar-refractivity contribution in [2.75, 3.05) is 32.7 Å². The lowest BCUT2D eigenvalue weighted by Crippen LogP contribution is -2.57. The summed E-state index contributed by atoms with van der Waals surface area (Å²) in [5, 5.41) is 5.26. The van der Waals surface area contributed by atoms with Gasteiger partial charge in [0.2, 0.25) is 5.91 Å². The van der Waals surface area contributed by atoms with Crippen molar-refractivity contribution in [1.82, 2.24) is 24.4 Å². The topological polar surface area (TPSA) is 103 Å². The first kappa shape index (κ1) is 27.1. The molecule has 1 N–H and O–H groups in total. The van der Waals surface area contributed by atoms with Crippen LogP contribution in [0.3, 0.4) is 0 Å². The van der Waals surface area contributed by atoms with E-state index in [1.54, 1.807) is 23.1 Å². The van der Waals surface area contributed by atoms with Crippen molar-refractivity contribution in [2.24, 2.45) is 0 Å². The number of sulfonamides is 1. The van der Waals surface area contributed by atoms with Crippen LogP contribution < -0.4 is 5.32 Å². The van der Waals surface area contributed by atoms with Crippen molar-refractivity contribution >= 4 is 66.2 Å². The summed E-state index contributed by atoms with van der Waals surface area (Å²) < 4.78 is 30.0. The summed E-state index contributed by atoms with van der Waals surface area (Å²) in [4.78, 5) is 35.4. The average molecular weight is 608 g/mol. The van der Waals surface area contributed by atoms with Gasteiger partial charge >= 0.3 is 0 Å². The van der Waals surface area contributed by atoms with Gasteiger partial charge in [-0.1, -0.05) is 17.7 Å². The Labute approximate surface area is 240 Å². The summed E-state index contributed by atoms with van der Waals surface area (Å²) in [5.74, 6) is -0.0420. The van der Waals surface area contributed by atoms with Crippen molar-refractivity contribution < 1.29 is 18.0 Å². The molecule has 3 aliphatic rings. The summed E-state index contributed by atoms with van der Waals surface area (Å²) in [6.45, 7) is 4.65. The predicted molar refractivity (Wildman–Crippen MR) is 153 cm³/mol. The van der Waals surface area contributed by atoms with Gasteiger partial charge in [0.1, 0.15) is 4.21 Å². The number of rotatable bonds is 6. The first-order valence-corrected chi connectivity index (χ1v) is 16.6. The number of nitrogens with zero attached hydrogens (tertiary/aromatic N) is 4. The lowest BCUT2D eigenvalue weighted by atomic mass is 10.1. The highest BCUT2D eigenvalue weighted by Gasteiger charge is 2.39. The lowest BCUT2D eigenvalue weighted by Gasteiger charge is -2.40. The third-order valence-corrected chi connectivity index (χ3v) is 12.5. The largest absolute Gasteiger partial charge is 0.343 e. The van der Waals surface area contributed by atoms with Gasteiger partial charge in [0, 0.05) is 78.8 Å². The van der Waals surface area contributed by atoms with E-state index in [-0.39, 0.29) is 41.7 Å². The third-order valence-electron chi connectivity index (χ3n) is 7.74. The maximum Gasteiger partial charge on any atom is 0.283 e. The minimum Gasteiger partial charge on any atom is -0.343 e. The fraction of sp³-hybridized carbons (Fsp3) is 0.500. The van der Waals surface area contributed by atoms with E-state index in [1.807, 2.05) is 11.0 Å². The second kappa shape index (κ2) is 10.7. The number of fused-ring (bicyclic) bond motifs is 2. The number of hydrogen-bond acceptors (Lipinski definition) is 8. The smallest absolute Gasteiger partial charge is 0.283 e. The normalized spacial score (nSPS) is 22.6. The summed E-state index contributed by atoms with van der Waals surface area (Å²) in [6, 6.07) is 6.99. The molecule has 2 amide bonds. The van der Waals surface area contributed by atoms with Crippen LogP contribution in [-0.4, -0.2) is 84.1 Å². The third kappa shape index (κ3) is 5.34. The maximum atomic E-state index is 13.7. The average Bonchev–Trinajstić information content (AvgIpc) is 3.64. The van der Waals surface area contributed by atoms with Gasteiger partial charge in [-0.3, -0.25) is 9.59 Å². The molecule has 2 saturated heterocycles. The predicted octanol–water partition coefficient (Wildman–Crippen LogP) is 3.57. The van der Waals surface area contributed by atoms with E-state index in [4.69, 9.17) is 11.6 Å². The molecule has 0 saturated carbocycles. The molecule has 1 aromatic carbocycles. The zero-order valence-corrected chi connectivity index (χ0v) is 24.8. The number of carbonyl (C=O) groups excluding carboxylic acids is 2. The first-order valence-electron chi connectivity index (χ1n) is 13.2. The number of halogens is 1. The van der Waals surface area contributed by atoms with E-state index in [9.17, 15) is 18.0 Å². The summed E-state index contributed by atoms with van der Waals surface area (Å²) in [5.41, 5.74) is 0.972. The molecule has 13 heteroatoms. The molecule has 0 aliphatic carbocycles. The molecule has 5 heterocycles. The number of benzene rings is 1. The number of piperazine rings is 1. The Balaban J connectivity index is 1.25. The second-order valence-electron chi connectivity index (χ2n) is 10.4. The first-order chi connectivity index (χ1) is 18.7. The van der Waals surface area contributed by atoms with E-state index in [1.165, 1.54) is 27.0 Å². The van der Waals surface area contributed by atoms with Crippen LogP contribution in [0.2, 0.25) is 5.02 Å². The summed E-state index contributed by atoms with van der Waals surface area (Å²) in [6.07, 6.45) is 2.67. The molecule has 2 atom stereocenters. The molecule has 0 bridgehead atoms. The van der Waals surface area contributed by atoms with Crippen LogP contribution in [-0.2, 0) is 27.8 Å². The van der Waals surface area contributed by atoms with Gasteiger partial charge in [-0.25, -0.2) is 13.4 Å². The van der Waals surface area contributed by atoms with Crippen LogP contribution in [0.25, 0.3) is 10.1 Å². The molecule has 2 fully saturated rings. The van der Waals surface area contributed by atoms with E-state index < -0.39 is 10.0 Å². The zero-order chi connectivity index (χ0) is 27.3. The number of thiophene rings is 1. The number of amides is 2. The van der Waals surface area contributed by atoms with E-state index in [0.717, 1.165) is 33.5 Å². The minimum absolute atomic E-state index is 0.117. The van der Waals surface area contributed by atoms with Gasteiger partial charge in [-0.05, 0) is 43.4 Å². The Morgan fingerprint density at radius 2 is 2.05 bits per heavy atom. The monoisotopic (exact) mass is 607 g/mol. The minimum atomic E-state index is -3.77. The zero-order valence-electron chi connectivity index (χ0n) is 21.6. The fourth-order valence-corrected chi connectivity index (χ4v) is 9.86. The standard InChI is InChI=1S/C26H30ClN5O4S3/c1-16-11-20-22(14-28-16)38-25(29-20)26(34)32-10-9-31(15-19(32)6-8-30-7-2-3-23(30)33)39(35,36)24-12-17-4-5-18(27)13-21(17)37-24/h4-5,12-13,16,19,28H,2-3,6-11,14-15H2,1H3. The van der Waals surface area contributed by atoms with Gasteiger partial charge in [0.15, 0.2) is 5.01 Å². The van der Waals surface area contributed by atoms with Crippen molar-refractivity contribution in [3.63, 3.8) is 0 Å². The molecule has 6 rings (SSSR count). The Bertz CT molecular complexity index is 1540. The summed E-state index contributed by atoms with van der Waals surface area (Å²) in [7, 11) is -3.77. The van der Waals surface area contributed by atoms with Crippen molar-refractivity contribution in [3.05, 3.63) is 44.9 Å². The van der Waals surface area contributed by atoms with Crippen LogP contribution >= 0.6 is 34.3 Å². The molecule has 3 aromatic rings. The van der Waals surface area contributed by atoms with Gasteiger partial charge in [-0.15, -0.1) is 22.7 Å². The molecular formula is C26H30ClN5O4S3. The van der Waals surface area contributed by atoms with Crippen molar-refractivity contribution in [2.45, 2.75) is 55.4 Å². The molecule has 0 spiro atoms.